The summed E-state index contributed by atoms with van der Waals surface area (Å²) in [5.74, 6) is -1.66. The topological polar surface area (TPSA) is 122 Å². The predicted octanol–water partition coefficient (Wildman–Crippen LogP) is -1.29. The van der Waals surface area contributed by atoms with Gasteiger partial charge in [0.15, 0.2) is 0 Å². The third-order valence-electron chi connectivity index (χ3n) is 3.65. The summed E-state index contributed by atoms with van der Waals surface area (Å²) in [5.41, 5.74) is 6.18. The van der Waals surface area contributed by atoms with Gasteiger partial charge in [-0.2, -0.15) is 0 Å². The van der Waals surface area contributed by atoms with E-state index in [1.807, 2.05) is 30.3 Å². The maximum atomic E-state index is 12.4. The zero-order valence-corrected chi connectivity index (χ0v) is 13.6. The summed E-state index contributed by atoms with van der Waals surface area (Å²) in [5, 5.41) is 5.21. The molecular weight excluding hydrogens is 324 g/mol. The number of hydrogen-bond donors (Lipinski definition) is 3. The molecule has 1 heterocycles. The maximum absolute atomic E-state index is 12.4. The third kappa shape index (κ3) is 5.25. The molecule has 0 aliphatic carbocycles. The summed E-state index contributed by atoms with van der Waals surface area (Å²) < 4.78 is 0. The summed E-state index contributed by atoms with van der Waals surface area (Å²) in [6.45, 7) is -0.0535. The maximum Gasteiger partial charge on any atom is 0.253 e. The molecule has 25 heavy (non-hydrogen) atoms. The fourth-order valence-corrected chi connectivity index (χ4v) is 2.38. The summed E-state index contributed by atoms with van der Waals surface area (Å²) in [7, 11) is 0. The van der Waals surface area contributed by atoms with Crippen molar-refractivity contribution in [1.82, 2.24) is 15.5 Å². The van der Waals surface area contributed by atoms with Gasteiger partial charge in [0, 0.05) is 31.7 Å². The Morgan fingerprint density at radius 3 is 2.32 bits per heavy atom. The molecule has 2 rings (SSSR count). The highest BCUT2D eigenvalue weighted by Gasteiger charge is 2.24. The number of nitrogens with two attached hydrogens (primary N) is 1. The molecule has 0 aromatic heterocycles. The van der Waals surface area contributed by atoms with E-state index in [-0.39, 0.29) is 19.6 Å². The van der Waals surface area contributed by atoms with Gasteiger partial charge in [-0.3, -0.25) is 24.1 Å². The quantitative estimate of drug-likeness (QED) is 0.507. The molecule has 4 amide bonds. The molecule has 1 unspecified atom stereocenters. The first-order valence-corrected chi connectivity index (χ1v) is 7.86. The lowest BCUT2D eigenvalue weighted by atomic mass is 10.1. The van der Waals surface area contributed by atoms with Gasteiger partial charge in [-0.1, -0.05) is 30.3 Å². The van der Waals surface area contributed by atoms with Crippen molar-refractivity contribution in [2.45, 2.75) is 12.5 Å². The van der Waals surface area contributed by atoms with Crippen molar-refractivity contribution >= 4 is 23.6 Å². The molecule has 8 nitrogen and oxygen atoms in total. The van der Waals surface area contributed by atoms with Crippen molar-refractivity contribution < 1.29 is 19.2 Å². The van der Waals surface area contributed by atoms with Gasteiger partial charge in [0.05, 0.1) is 6.54 Å². The zero-order valence-electron chi connectivity index (χ0n) is 13.6. The van der Waals surface area contributed by atoms with Crippen LogP contribution in [0.25, 0.3) is 0 Å². The van der Waals surface area contributed by atoms with Crippen LogP contribution in [0.5, 0.6) is 0 Å². The van der Waals surface area contributed by atoms with Crippen LogP contribution in [0, 0.1) is 0 Å². The number of carbonyl (C=O) groups excluding carboxylic acids is 4. The van der Waals surface area contributed by atoms with Crippen LogP contribution in [0.3, 0.4) is 0 Å². The highest BCUT2D eigenvalue weighted by molar-refractivity contribution is 6.12. The molecule has 0 saturated carbocycles. The van der Waals surface area contributed by atoms with Crippen LogP contribution in [0.2, 0.25) is 0 Å². The molecule has 0 radical (unpaired) electrons. The fraction of sp³-hybridized carbons (Fsp3) is 0.294. The molecule has 132 valence electrons. The molecule has 4 N–H and O–H groups in total. The highest BCUT2D eigenvalue weighted by atomic mass is 16.2. The molecule has 0 fully saturated rings. The lowest BCUT2D eigenvalue weighted by Gasteiger charge is -2.19. The van der Waals surface area contributed by atoms with Crippen LogP contribution in [0.4, 0.5) is 0 Å². The SMILES string of the molecule is NCC(=O)NC(Cc1ccccc1)C(=O)NCCN1C(=O)C=CC1=O. The minimum absolute atomic E-state index is 0.0687. The minimum Gasteiger partial charge on any atom is -0.353 e. The summed E-state index contributed by atoms with van der Waals surface area (Å²) in [6, 6.07) is 8.44. The molecule has 0 spiro atoms. The largest absolute Gasteiger partial charge is 0.353 e. The molecule has 1 atom stereocenters. The lowest BCUT2D eigenvalue weighted by Crippen LogP contribution is -2.51. The Morgan fingerprint density at radius 1 is 1.08 bits per heavy atom. The second-order valence-electron chi connectivity index (χ2n) is 5.47. The van der Waals surface area contributed by atoms with E-state index in [0.29, 0.717) is 6.42 Å². The van der Waals surface area contributed by atoms with Gasteiger partial charge in [-0.15, -0.1) is 0 Å². The first-order valence-electron chi connectivity index (χ1n) is 7.86. The van der Waals surface area contributed by atoms with Gasteiger partial charge < -0.3 is 16.4 Å². The molecular formula is C17H20N4O4. The Morgan fingerprint density at radius 2 is 1.72 bits per heavy atom. The van der Waals surface area contributed by atoms with E-state index in [9.17, 15) is 19.2 Å². The summed E-state index contributed by atoms with van der Waals surface area (Å²) in [4.78, 5) is 47.9. The third-order valence-corrected chi connectivity index (χ3v) is 3.65. The molecule has 0 bridgehead atoms. The zero-order chi connectivity index (χ0) is 18.2. The van der Waals surface area contributed by atoms with Gasteiger partial charge >= 0.3 is 0 Å². The van der Waals surface area contributed by atoms with Gasteiger partial charge in [0.2, 0.25) is 11.8 Å². The number of amides is 4. The second-order valence-corrected chi connectivity index (χ2v) is 5.47. The molecule has 1 aromatic carbocycles. The smallest absolute Gasteiger partial charge is 0.253 e. The van der Waals surface area contributed by atoms with E-state index in [2.05, 4.69) is 10.6 Å². The van der Waals surface area contributed by atoms with Crippen LogP contribution in [0.15, 0.2) is 42.5 Å². The van der Waals surface area contributed by atoms with Crippen molar-refractivity contribution in [1.29, 1.82) is 0 Å². The van der Waals surface area contributed by atoms with E-state index < -0.39 is 29.7 Å². The second kappa shape index (κ2) is 8.74. The van der Waals surface area contributed by atoms with Crippen LogP contribution < -0.4 is 16.4 Å². The molecule has 1 aliphatic rings. The van der Waals surface area contributed by atoms with Crippen molar-refractivity contribution in [3.8, 4) is 0 Å². The van der Waals surface area contributed by atoms with Crippen molar-refractivity contribution in [2.75, 3.05) is 19.6 Å². The van der Waals surface area contributed by atoms with Crippen molar-refractivity contribution in [3.63, 3.8) is 0 Å². The van der Waals surface area contributed by atoms with Gasteiger partial charge in [0.25, 0.3) is 11.8 Å². The predicted molar refractivity (Wildman–Crippen MR) is 90.0 cm³/mol. The van der Waals surface area contributed by atoms with Gasteiger partial charge in [-0.05, 0) is 5.56 Å². The number of hydrogen-bond acceptors (Lipinski definition) is 5. The van der Waals surface area contributed by atoms with E-state index in [1.165, 1.54) is 12.2 Å². The van der Waals surface area contributed by atoms with Crippen LogP contribution in [0.1, 0.15) is 5.56 Å². The van der Waals surface area contributed by atoms with Gasteiger partial charge in [0.1, 0.15) is 6.04 Å². The van der Waals surface area contributed by atoms with Gasteiger partial charge in [-0.25, -0.2) is 0 Å². The average molecular weight is 344 g/mol. The number of carbonyl (C=O) groups is 4. The van der Waals surface area contributed by atoms with E-state index in [0.717, 1.165) is 10.5 Å². The van der Waals surface area contributed by atoms with Crippen LogP contribution >= 0.6 is 0 Å². The lowest BCUT2D eigenvalue weighted by molar-refractivity contribution is -0.137. The average Bonchev–Trinajstić information content (AvgIpc) is 2.93. The van der Waals surface area contributed by atoms with E-state index in [1.54, 1.807) is 0 Å². The van der Waals surface area contributed by atoms with E-state index >= 15 is 0 Å². The standard InChI is InChI=1S/C17H20N4O4/c18-11-14(22)20-13(10-12-4-2-1-3-5-12)17(25)19-8-9-21-15(23)6-7-16(21)24/h1-7,13H,8-11,18H2,(H,19,25)(H,20,22). The Bertz CT molecular complexity index is 669. The van der Waals surface area contributed by atoms with E-state index in [4.69, 9.17) is 5.73 Å². The van der Waals surface area contributed by atoms with Crippen molar-refractivity contribution in [3.05, 3.63) is 48.0 Å². The number of rotatable bonds is 8. The first-order chi connectivity index (χ1) is 12.0. The van der Waals surface area contributed by atoms with Crippen LogP contribution in [-0.2, 0) is 25.6 Å². The number of nitrogens with zero attached hydrogens (tertiary/aromatic N) is 1. The Balaban J connectivity index is 1.91. The Hall–Kier alpha value is -3.00. The molecule has 1 aromatic rings. The highest BCUT2D eigenvalue weighted by Crippen LogP contribution is 2.04. The Labute approximate surface area is 145 Å². The summed E-state index contributed by atoms with van der Waals surface area (Å²) in [6.07, 6.45) is 2.68. The fourth-order valence-electron chi connectivity index (χ4n) is 2.38. The number of nitrogens with one attached hydrogen (secondary N) is 2. The molecule has 0 saturated heterocycles. The van der Waals surface area contributed by atoms with Crippen molar-refractivity contribution in [2.24, 2.45) is 5.73 Å². The summed E-state index contributed by atoms with van der Waals surface area (Å²) >= 11 is 0. The molecule has 8 heteroatoms. The number of benzene rings is 1. The number of imide groups is 1. The minimum atomic E-state index is -0.790. The molecule has 1 aliphatic heterocycles. The van der Waals surface area contributed by atoms with Crippen LogP contribution in [-0.4, -0.2) is 54.2 Å². The normalized spacial score (nSPS) is 14.5. The monoisotopic (exact) mass is 344 g/mol. The Kier molecular flexibility index (Phi) is 6.41. The first kappa shape index (κ1) is 18.3.